The topological polar surface area (TPSA) is 52.8 Å². The molecule has 1 aliphatic rings. The first-order chi connectivity index (χ1) is 6.31. The van der Waals surface area contributed by atoms with Gasteiger partial charge in [-0.2, -0.15) is 0 Å². The Morgan fingerprint density at radius 1 is 1.23 bits per heavy atom. The van der Waals surface area contributed by atoms with Gasteiger partial charge >= 0.3 is 0 Å². The molecule has 0 unspecified atom stereocenters. The van der Waals surface area contributed by atoms with Gasteiger partial charge < -0.3 is 10.3 Å². The third-order valence-corrected chi connectivity index (χ3v) is 2.38. The van der Waals surface area contributed by atoms with Gasteiger partial charge in [-0.15, -0.1) is 0 Å². The molecule has 68 valence electrons. The highest BCUT2D eigenvalue weighted by Gasteiger charge is 2.15. The fourth-order valence-corrected chi connectivity index (χ4v) is 1.74. The Labute approximate surface area is 76.3 Å². The van der Waals surface area contributed by atoms with E-state index in [0.29, 0.717) is 5.71 Å². The van der Waals surface area contributed by atoms with Gasteiger partial charge in [0.1, 0.15) is 5.75 Å². The predicted octanol–water partition coefficient (Wildman–Crippen LogP) is 1.91. The minimum Gasteiger partial charge on any atom is -0.508 e. The van der Waals surface area contributed by atoms with E-state index in [1.165, 1.54) is 0 Å². The van der Waals surface area contributed by atoms with Gasteiger partial charge in [-0.05, 0) is 37.0 Å². The molecule has 0 saturated carbocycles. The summed E-state index contributed by atoms with van der Waals surface area (Å²) in [6.45, 7) is 0. The maximum absolute atomic E-state index is 9.26. The zero-order chi connectivity index (χ0) is 9.26. The molecule has 0 spiro atoms. The summed E-state index contributed by atoms with van der Waals surface area (Å²) in [7, 11) is 0. The summed E-state index contributed by atoms with van der Waals surface area (Å²) in [5.74, 6) is 0.224. The summed E-state index contributed by atoms with van der Waals surface area (Å²) in [6, 6.07) is 5.21. The number of aryl methyl sites for hydroxylation is 1. The molecule has 0 aliphatic heterocycles. The Bertz CT molecular complexity index is 358. The van der Waals surface area contributed by atoms with Crippen LogP contribution in [0.5, 0.6) is 5.75 Å². The van der Waals surface area contributed by atoms with Crippen molar-refractivity contribution in [2.24, 2.45) is 5.16 Å². The van der Waals surface area contributed by atoms with Crippen LogP contribution in [0.1, 0.15) is 24.0 Å². The van der Waals surface area contributed by atoms with Crippen molar-refractivity contribution in [3.63, 3.8) is 0 Å². The lowest BCUT2D eigenvalue weighted by Gasteiger charge is -2.16. The van der Waals surface area contributed by atoms with Crippen LogP contribution in [0, 0.1) is 0 Å². The number of oxime groups is 1. The molecule has 1 aromatic carbocycles. The van der Waals surface area contributed by atoms with Crippen molar-refractivity contribution in [1.82, 2.24) is 0 Å². The largest absolute Gasteiger partial charge is 0.508 e. The van der Waals surface area contributed by atoms with Crippen molar-refractivity contribution in [2.45, 2.75) is 19.3 Å². The highest BCUT2D eigenvalue weighted by Crippen LogP contribution is 2.25. The third kappa shape index (κ3) is 1.37. The number of nitrogens with zero attached hydrogens (tertiary/aromatic N) is 1. The number of benzene rings is 1. The quantitative estimate of drug-likeness (QED) is 0.469. The van der Waals surface area contributed by atoms with E-state index in [9.17, 15) is 5.11 Å². The molecule has 3 nitrogen and oxygen atoms in total. The molecular formula is C10H11NO2. The molecule has 0 amide bonds. The monoisotopic (exact) mass is 177 g/mol. The zero-order valence-corrected chi connectivity index (χ0v) is 7.20. The fourth-order valence-electron chi connectivity index (χ4n) is 1.74. The van der Waals surface area contributed by atoms with Crippen LogP contribution in [0.4, 0.5) is 0 Å². The maximum atomic E-state index is 9.26. The summed E-state index contributed by atoms with van der Waals surface area (Å²) in [4.78, 5) is 0. The summed E-state index contributed by atoms with van der Waals surface area (Å²) in [6.07, 6.45) is 2.79. The normalized spacial score (nSPS) is 18.6. The van der Waals surface area contributed by atoms with E-state index in [2.05, 4.69) is 5.16 Å². The van der Waals surface area contributed by atoms with Crippen molar-refractivity contribution < 1.29 is 10.3 Å². The van der Waals surface area contributed by atoms with Crippen LogP contribution in [-0.4, -0.2) is 16.0 Å². The van der Waals surface area contributed by atoms with E-state index in [-0.39, 0.29) is 5.75 Å². The molecule has 2 N–H and O–H groups in total. The van der Waals surface area contributed by atoms with Crippen LogP contribution in [-0.2, 0) is 6.42 Å². The van der Waals surface area contributed by atoms with Crippen LogP contribution in [0.15, 0.2) is 23.4 Å². The molecule has 1 aliphatic carbocycles. The second-order valence-electron chi connectivity index (χ2n) is 3.24. The first-order valence-electron chi connectivity index (χ1n) is 4.34. The molecule has 3 heteroatoms. The SMILES string of the molecule is ON=C1CCCc2ccc(O)cc21. The maximum Gasteiger partial charge on any atom is 0.116 e. The summed E-state index contributed by atoms with van der Waals surface area (Å²) in [5, 5.41) is 21.2. The Hall–Kier alpha value is -1.51. The van der Waals surface area contributed by atoms with E-state index in [1.807, 2.05) is 6.07 Å². The van der Waals surface area contributed by atoms with Gasteiger partial charge in [0, 0.05) is 5.56 Å². The highest BCUT2D eigenvalue weighted by molar-refractivity contribution is 6.02. The van der Waals surface area contributed by atoms with E-state index < -0.39 is 0 Å². The summed E-state index contributed by atoms with van der Waals surface area (Å²) < 4.78 is 0. The number of fused-ring (bicyclic) bond motifs is 1. The van der Waals surface area contributed by atoms with Crippen molar-refractivity contribution >= 4 is 5.71 Å². The number of phenols is 1. The molecule has 0 heterocycles. The molecular weight excluding hydrogens is 166 g/mol. The highest BCUT2D eigenvalue weighted by atomic mass is 16.4. The first kappa shape index (κ1) is 8.10. The van der Waals surface area contributed by atoms with Gasteiger partial charge in [0.25, 0.3) is 0 Å². The number of rotatable bonds is 0. The van der Waals surface area contributed by atoms with Crippen molar-refractivity contribution in [2.75, 3.05) is 0 Å². The molecule has 0 bridgehead atoms. The van der Waals surface area contributed by atoms with E-state index in [4.69, 9.17) is 5.21 Å². The summed E-state index contributed by atoms with van der Waals surface area (Å²) >= 11 is 0. The number of hydrogen-bond acceptors (Lipinski definition) is 3. The van der Waals surface area contributed by atoms with Crippen LogP contribution in [0.2, 0.25) is 0 Å². The Morgan fingerprint density at radius 2 is 2.08 bits per heavy atom. The molecule has 0 radical (unpaired) electrons. The molecule has 0 atom stereocenters. The van der Waals surface area contributed by atoms with E-state index in [1.54, 1.807) is 12.1 Å². The number of phenolic OH excluding ortho intramolecular Hbond substituents is 1. The molecule has 0 saturated heterocycles. The Balaban J connectivity index is 2.54. The fraction of sp³-hybridized carbons (Fsp3) is 0.300. The number of hydrogen-bond donors (Lipinski definition) is 2. The van der Waals surface area contributed by atoms with Gasteiger partial charge in [-0.3, -0.25) is 0 Å². The van der Waals surface area contributed by atoms with E-state index in [0.717, 1.165) is 30.4 Å². The van der Waals surface area contributed by atoms with Gasteiger partial charge in [0.2, 0.25) is 0 Å². The van der Waals surface area contributed by atoms with Crippen LogP contribution in [0.25, 0.3) is 0 Å². The minimum absolute atomic E-state index is 0.224. The van der Waals surface area contributed by atoms with Gasteiger partial charge in [0.05, 0.1) is 5.71 Å². The molecule has 1 aromatic rings. The van der Waals surface area contributed by atoms with E-state index >= 15 is 0 Å². The lowest BCUT2D eigenvalue weighted by Crippen LogP contribution is -2.11. The minimum atomic E-state index is 0.224. The van der Waals surface area contributed by atoms with Crippen molar-refractivity contribution in [3.8, 4) is 5.75 Å². The number of aromatic hydroxyl groups is 1. The summed E-state index contributed by atoms with van der Waals surface area (Å²) in [5.41, 5.74) is 2.71. The van der Waals surface area contributed by atoms with Crippen molar-refractivity contribution in [1.29, 1.82) is 0 Å². The standard InChI is InChI=1S/C10H11NO2/c12-8-5-4-7-2-1-3-10(11-13)9(7)6-8/h4-6,12-13H,1-3H2. The lowest BCUT2D eigenvalue weighted by molar-refractivity contribution is 0.317. The van der Waals surface area contributed by atoms with Crippen LogP contribution >= 0.6 is 0 Å². The average Bonchev–Trinajstić information content (AvgIpc) is 2.17. The van der Waals surface area contributed by atoms with Crippen LogP contribution < -0.4 is 0 Å². The third-order valence-electron chi connectivity index (χ3n) is 2.38. The smallest absolute Gasteiger partial charge is 0.116 e. The first-order valence-corrected chi connectivity index (χ1v) is 4.34. The average molecular weight is 177 g/mol. The molecule has 0 fully saturated rings. The zero-order valence-electron chi connectivity index (χ0n) is 7.20. The Morgan fingerprint density at radius 3 is 2.85 bits per heavy atom. The molecule has 2 rings (SSSR count). The Kier molecular flexibility index (Phi) is 1.93. The van der Waals surface area contributed by atoms with Crippen molar-refractivity contribution in [3.05, 3.63) is 29.3 Å². The van der Waals surface area contributed by atoms with Gasteiger partial charge in [0.15, 0.2) is 0 Å². The molecule has 13 heavy (non-hydrogen) atoms. The van der Waals surface area contributed by atoms with Gasteiger partial charge in [-0.1, -0.05) is 11.2 Å². The van der Waals surface area contributed by atoms with Crippen LogP contribution in [0.3, 0.4) is 0 Å². The second-order valence-corrected chi connectivity index (χ2v) is 3.24. The molecule has 0 aromatic heterocycles. The second kappa shape index (κ2) is 3.09. The van der Waals surface area contributed by atoms with Gasteiger partial charge in [-0.25, -0.2) is 0 Å². The predicted molar refractivity (Wildman–Crippen MR) is 49.4 cm³/mol. The lowest BCUT2D eigenvalue weighted by atomic mass is 9.90.